The molecule has 0 fully saturated rings. The molecule has 0 rings (SSSR count). The maximum absolute atomic E-state index is 10.3. The Morgan fingerprint density at radius 1 is 0.676 bits per heavy atom. The van der Waals surface area contributed by atoms with Crippen LogP contribution in [0, 0.1) is 36.0 Å². The van der Waals surface area contributed by atoms with E-state index in [2.05, 4.69) is 41.8 Å². The van der Waals surface area contributed by atoms with E-state index in [9.17, 15) is 9.90 Å². The van der Waals surface area contributed by atoms with Crippen LogP contribution in [-0.4, -0.2) is 22.3 Å². The van der Waals surface area contributed by atoms with Gasteiger partial charge in [-0.2, -0.15) is 0 Å². The molecule has 0 saturated carbocycles. The highest BCUT2D eigenvalue weighted by atomic mass is 16.4. The van der Waals surface area contributed by atoms with E-state index in [0.717, 1.165) is 44.9 Å². The van der Waals surface area contributed by atoms with Crippen LogP contribution in [0.25, 0.3) is 0 Å². The van der Waals surface area contributed by atoms with Crippen molar-refractivity contribution in [1.29, 1.82) is 0 Å². The number of aliphatic hydroxyl groups is 1. The number of rotatable bonds is 20. The average molecular weight is 467 g/mol. The van der Waals surface area contributed by atoms with E-state index in [4.69, 9.17) is 11.5 Å². The number of carboxylic acids is 1. The van der Waals surface area contributed by atoms with Crippen molar-refractivity contribution in [2.75, 3.05) is 0 Å². The van der Waals surface area contributed by atoms with Crippen molar-refractivity contribution < 1.29 is 15.0 Å². The first-order valence-electron chi connectivity index (χ1n) is 13.3. The highest BCUT2D eigenvalue weighted by molar-refractivity contribution is 5.86. The third kappa shape index (κ3) is 27.6. The van der Waals surface area contributed by atoms with Gasteiger partial charge in [0.2, 0.25) is 0 Å². The Labute approximate surface area is 209 Å². The lowest BCUT2D eigenvalue weighted by Gasteiger charge is -2.01. The summed E-state index contributed by atoms with van der Waals surface area (Å²) in [5.74, 6) is 12.6. The van der Waals surface area contributed by atoms with E-state index in [0.29, 0.717) is 6.42 Å². The Balaban J connectivity index is 3.29. The SMILES string of the molecule is C#CC(O)/C=C/CCCCCCC#CC/C=C\CCCCCCCCCCCCC#CC(=O)O. The topological polar surface area (TPSA) is 57.5 Å². The predicted octanol–water partition coefficient (Wildman–Crippen LogP) is 7.60. The van der Waals surface area contributed by atoms with Gasteiger partial charge < -0.3 is 10.2 Å². The maximum Gasteiger partial charge on any atom is 0.381 e. The number of aliphatic carboxylic acids is 1. The van der Waals surface area contributed by atoms with Crippen LogP contribution in [0.15, 0.2) is 24.3 Å². The molecule has 0 heterocycles. The molecular weight excluding hydrogens is 420 g/mol. The highest BCUT2D eigenvalue weighted by Gasteiger charge is 1.93. The minimum Gasteiger partial charge on any atom is -0.472 e. The first-order valence-corrected chi connectivity index (χ1v) is 13.3. The molecule has 1 atom stereocenters. The molecule has 2 N–H and O–H groups in total. The van der Waals surface area contributed by atoms with E-state index >= 15 is 0 Å². The fourth-order valence-electron chi connectivity index (χ4n) is 3.56. The Hall–Kier alpha value is -2.41. The second kappa shape index (κ2) is 26.8. The smallest absolute Gasteiger partial charge is 0.381 e. The summed E-state index contributed by atoms with van der Waals surface area (Å²) < 4.78 is 0. The monoisotopic (exact) mass is 466 g/mol. The van der Waals surface area contributed by atoms with Crippen molar-refractivity contribution in [3.63, 3.8) is 0 Å². The number of carboxylic acid groups (broad SMARTS) is 1. The lowest BCUT2D eigenvalue weighted by Crippen LogP contribution is -1.95. The molecule has 3 heteroatoms. The van der Waals surface area contributed by atoms with Gasteiger partial charge in [-0.1, -0.05) is 100 Å². The number of terminal acetylenes is 1. The van der Waals surface area contributed by atoms with Gasteiger partial charge in [0.15, 0.2) is 0 Å². The molecule has 3 nitrogen and oxygen atoms in total. The first kappa shape index (κ1) is 31.6. The molecule has 0 saturated heterocycles. The maximum atomic E-state index is 10.3. The van der Waals surface area contributed by atoms with Gasteiger partial charge in [-0.05, 0) is 44.6 Å². The summed E-state index contributed by atoms with van der Waals surface area (Å²) in [5.41, 5.74) is 0. The standard InChI is InChI=1S/C31H46O3/c1-2-30(32)28-26-24-22-20-18-16-14-12-10-8-6-4-3-5-7-9-11-13-15-17-19-21-23-25-27-29-31(33)34/h1,4,6,26,28,30,32H,3,5,7-9,11,13-25H2,(H,33,34)/b6-4-,28-26+. The molecule has 0 bridgehead atoms. The number of hydrogen-bond acceptors (Lipinski definition) is 2. The van der Waals surface area contributed by atoms with Crippen LogP contribution in [0.1, 0.15) is 122 Å². The highest BCUT2D eigenvalue weighted by Crippen LogP contribution is 2.12. The normalized spacial score (nSPS) is 11.5. The van der Waals surface area contributed by atoms with Gasteiger partial charge in [0.05, 0.1) is 0 Å². The molecule has 0 amide bonds. The summed E-state index contributed by atoms with van der Waals surface area (Å²) >= 11 is 0. The third-order valence-corrected chi connectivity index (χ3v) is 5.54. The molecule has 0 aliphatic carbocycles. The molecule has 0 aromatic carbocycles. The molecule has 1 unspecified atom stereocenters. The van der Waals surface area contributed by atoms with E-state index in [1.807, 2.05) is 6.08 Å². The number of aliphatic hydroxyl groups excluding tert-OH is 1. The fourth-order valence-corrected chi connectivity index (χ4v) is 3.56. The van der Waals surface area contributed by atoms with Crippen LogP contribution in [0.2, 0.25) is 0 Å². The minimum atomic E-state index is -1.03. The van der Waals surface area contributed by atoms with Crippen molar-refractivity contribution in [1.82, 2.24) is 0 Å². The van der Waals surface area contributed by atoms with E-state index in [1.165, 1.54) is 70.6 Å². The van der Waals surface area contributed by atoms with Crippen LogP contribution in [-0.2, 0) is 4.79 Å². The van der Waals surface area contributed by atoms with Crippen LogP contribution >= 0.6 is 0 Å². The summed E-state index contributed by atoms with van der Waals surface area (Å²) in [6.07, 6.45) is 34.5. The van der Waals surface area contributed by atoms with E-state index < -0.39 is 12.1 Å². The number of hydrogen-bond donors (Lipinski definition) is 2. The lowest BCUT2D eigenvalue weighted by molar-refractivity contribution is -0.130. The first-order chi connectivity index (χ1) is 16.7. The summed E-state index contributed by atoms with van der Waals surface area (Å²) in [6, 6.07) is 0. The third-order valence-electron chi connectivity index (χ3n) is 5.54. The van der Waals surface area contributed by atoms with Crippen LogP contribution in [0.5, 0.6) is 0 Å². The molecule has 188 valence electrons. The summed E-state index contributed by atoms with van der Waals surface area (Å²) in [5, 5.41) is 17.6. The molecule has 0 aliphatic rings. The predicted molar refractivity (Wildman–Crippen MR) is 144 cm³/mol. The minimum absolute atomic E-state index is 0.703. The van der Waals surface area contributed by atoms with Gasteiger partial charge in [0, 0.05) is 25.2 Å². The summed E-state index contributed by atoms with van der Waals surface area (Å²) in [7, 11) is 0. The molecule has 0 aromatic heterocycles. The van der Waals surface area contributed by atoms with Crippen molar-refractivity contribution in [3.05, 3.63) is 24.3 Å². The Bertz CT molecular complexity index is 703. The summed E-state index contributed by atoms with van der Waals surface area (Å²) in [4.78, 5) is 10.3. The van der Waals surface area contributed by atoms with Gasteiger partial charge in [-0.15, -0.1) is 12.3 Å². The van der Waals surface area contributed by atoms with Gasteiger partial charge >= 0.3 is 5.97 Å². The number of carbonyl (C=O) groups is 1. The molecule has 0 aromatic rings. The van der Waals surface area contributed by atoms with Crippen LogP contribution < -0.4 is 0 Å². The summed E-state index contributed by atoms with van der Waals surface area (Å²) in [6.45, 7) is 0. The fraction of sp³-hybridized carbons (Fsp3) is 0.645. The Morgan fingerprint density at radius 2 is 1.18 bits per heavy atom. The zero-order chi connectivity index (χ0) is 25.0. The van der Waals surface area contributed by atoms with Gasteiger partial charge in [-0.25, -0.2) is 4.79 Å². The molecule has 0 radical (unpaired) electrons. The number of unbranched alkanes of at least 4 members (excludes halogenated alkanes) is 16. The Morgan fingerprint density at radius 3 is 1.74 bits per heavy atom. The van der Waals surface area contributed by atoms with Crippen molar-refractivity contribution in [2.24, 2.45) is 0 Å². The van der Waals surface area contributed by atoms with Crippen LogP contribution in [0.4, 0.5) is 0 Å². The molecule has 0 spiro atoms. The largest absolute Gasteiger partial charge is 0.472 e. The second-order valence-corrected chi connectivity index (χ2v) is 8.70. The zero-order valence-corrected chi connectivity index (χ0v) is 21.2. The van der Waals surface area contributed by atoms with Gasteiger partial charge in [0.25, 0.3) is 0 Å². The number of allylic oxidation sites excluding steroid dienone is 3. The Kier molecular flexibility index (Phi) is 24.9. The lowest BCUT2D eigenvalue weighted by atomic mass is 10.1. The van der Waals surface area contributed by atoms with Gasteiger partial charge in [-0.3, -0.25) is 0 Å². The van der Waals surface area contributed by atoms with Crippen molar-refractivity contribution in [2.45, 2.75) is 128 Å². The average Bonchev–Trinajstić information content (AvgIpc) is 2.83. The molecule has 34 heavy (non-hydrogen) atoms. The van der Waals surface area contributed by atoms with Crippen LogP contribution in [0.3, 0.4) is 0 Å². The van der Waals surface area contributed by atoms with Crippen molar-refractivity contribution >= 4 is 5.97 Å². The van der Waals surface area contributed by atoms with E-state index in [1.54, 1.807) is 6.08 Å². The van der Waals surface area contributed by atoms with Crippen molar-refractivity contribution in [3.8, 4) is 36.0 Å². The van der Waals surface area contributed by atoms with Gasteiger partial charge in [0.1, 0.15) is 6.10 Å². The van der Waals surface area contributed by atoms with E-state index in [-0.39, 0.29) is 0 Å². The second-order valence-electron chi connectivity index (χ2n) is 8.70. The quantitative estimate of drug-likeness (QED) is 0.110. The molecule has 0 aliphatic heterocycles. The molecular formula is C31H46O3. The zero-order valence-electron chi connectivity index (χ0n) is 21.2.